The molecular weight excluding hydrogens is 600 g/mol. The van der Waals surface area contributed by atoms with Gasteiger partial charge in [-0.2, -0.15) is 0 Å². The zero-order valence-corrected chi connectivity index (χ0v) is 25.0. The molecule has 2 saturated heterocycles. The number of imide groups is 2. The number of ether oxygens (including phenoxy) is 2. The van der Waals surface area contributed by atoms with E-state index in [-0.39, 0.29) is 126 Å². The molecule has 0 aromatic heterocycles. The third kappa shape index (κ3) is 14.9. The number of rotatable bonds is 24. The summed E-state index contributed by atoms with van der Waals surface area (Å²) in [5.74, 6) is -5.17. The van der Waals surface area contributed by atoms with E-state index in [1.807, 2.05) is 0 Å². The number of nitrogens with zero attached hydrogens (tertiary/aromatic N) is 2. The summed E-state index contributed by atoms with van der Waals surface area (Å²) in [4.78, 5) is 126. The predicted octanol–water partition coefficient (Wildman–Crippen LogP) is 0.802. The maximum Gasteiger partial charge on any atom is 0.333 e. The Balaban J connectivity index is 1.38. The van der Waals surface area contributed by atoms with Crippen molar-refractivity contribution in [1.29, 1.82) is 0 Å². The van der Waals surface area contributed by atoms with Gasteiger partial charge < -0.3 is 19.1 Å². The zero-order valence-electron chi connectivity index (χ0n) is 25.0. The molecule has 0 aliphatic carbocycles. The molecule has 0 aromatic rings. The number of ketones is 4. The van der Waals surface area contributed by atoms with Gasteiger partial charge in [0.05, 0.1) is 26.1 Å². The molecule has 16 nitrogen and oxygen atoms in total. The molecular formula is C29H38N2O14. The van der Waals surface area contributed by atoms with E-state index in [0.29, 0.717) is 29.8 Å². The molecule has 45 heavy (non-hydrogen) atoms. The number of hydrogen-bond donors (Lipinski definition) is 0. The standard InChI is InChI=1S/C29H38N2O14/c32-20(6-12-28(40)44-30-24(36)8-9-25(30)37)2-4-22(34)14-18-42-16-1-17-43-19-15-23(35)5-3-21(33)7-13-29(41)45-31-26(38)10-11-27(31)39/h1-19H2. The second kappa shape index (κ2) is 20.0. The molecule has 2 heterocycles. The van der Waals surface area contributed by atoms with Crippen LogP contribution in [0.4, 0.5) is 0 Å². The summed E-state index contributed by atoms with van der Waals surface area (Å²) < 4.78 is 10.7. The van der Waals surface area contributed by atoms with Crippen molar-refractivity contribution in [1.82, 2.24) is 10.1 Å². The van der Waals surface area contributed by atoms with E-state index in [0.717, 1.165) is 0 Å². The first-order valence-corrected chi connectivity index (χ1v) is 14.8. The Morgan fingerprint density at radius 1 is 0.422 bits per heavy atom. The normalized spacial score (nSPS) is 14.7. The lowest BCUT2D eigenvalue weighted by atomic mass is 10.1. The summed E-state index contributed by atoms with van der Waals surface area (Å²) in [7, 11) is 0. The van der Waals surface area contributed by atoms with Crippen molar-refractivity contribution < 1.29 is 67.1 Å². The Labute approximate surface area is 258 Å². The fourth-order valence-electron chi connectivity index (χ4n) is 3.99. The van der Waals surface area contributed by atoms with Crippen molar-refractivity contribution in [2.45, 2.75) is 96.3 Å². The second-order valence-electron chi connectivity index (χ2n) is 10.3. The molecule has 0 saturated carbocycles. The lowest BCUT2D eigenvalue weighted by molar-refractivity contribution is -0.197. The summed E-state index contributed by atoms with van der Waals surface area (Å²) in [5.41, 5.74) is 0. The van der Waals surface area contributed by atoms with Crippen LogP contribution >= 0.6 is 0 Å². The van der Waals surface area contributed by atoms with Gasteiger partial charge in [0.2, 0.25) is 0 Å². The van der Waals surface area contributed by atoms with Crippen LogP contribution in [-0.4, -0.2) is 95.3 Å². The topological polar surface area (TPSA) is 214 Å². The number of amides is 4. The number of hydrogen-bond acceptors (Lipinski definition) is 14. The quantitative estimate of drug-likeness (QED) is 0.106. The second-order valence-corrected chi connectivity index (χ2v) is 10.3. The molecule has 4 amide bonds. The largest absolute Gasteiger partial charge is 0.381 e. The lowest BCUT2D eigenvalue weighted by Gasteiger charge is -2.12. The number of Topliss-reactive ketones (excluding diaryl/α,β-unsaturated/α-hetero) is 4. The van der Waals surface area contributed by atoms with Gasteiger partial charge in [0.25, 0.3) is 23.6 Å². The molecule has 0 atom stereocenters. The SMILES string of the molecule is O=C(CCOCCCOCCC(=O)CCC(=O)CCC(=O)ON1C(=O)CCC1=O)CCC(=O)CCC(=O)ON1C(=O)CCC1=O. The van der Waals surface area contributed by atoms with Gasteiger partial charge in [0, 0.05) is 90.3 Å². The molecule has 16 heteroatoms. The molecule has 0 N–H and O–H groups in total. The van der Waals surface area contributed by atoms with Crippen molar-refractivity contribution in [2.75, 3.05) is 26.4 Å². The van der Waals surface area contributed by atoms with Crippen molar-refractivity contribution in [3.05, 3.63) is 0 Å². The van der Waals surface area contributed by atoms with Gasteiger partial charge in [-0.1, -0.05) is 0 Å². The van der Waals surface area contributed by atoms with E-state index in [1.165, 1.54) is 0 Å². The summed E-state index contributed by atoms with van der Waals surface area (Å²) in [5, 5.41) is 0.831. The minimum atomic E-state index is -0.873. The highest BCUT2D eigenvalue weighted by molar-refractivity contribution is 6.02. The molecule has 248 valence electrons. The molecule has 0 unspecified atom stereocenters. The molecule has 0 spiro atoms. The number of hydroxylamine groups is 4. The molecule has 0 bridgehead atoms. The van der Waals surface area contributed by atoms with Crippen LogP contribution in [0.25, 0.3) is 0 Å². The van der Waals surface area contributed by atoms with Crippen LogP contribution in [0, 0.1) is 0 Å². The van der Waals surface area contributed by atoms with Crippen LogP contribution in [0.2, 0.25) is 0 Å². The molecule has 2 fully saturated rings. The van der Waals surface area contributed by atoms with E-state index in [1.54, 1.807) is 0 Å². The van der Waals surface area contributed by atoms with Gasteiger partial charge in [-0.25, -0.2) is 9.59 Å². The first-order chi connectivity index (χ1) is 21.5. The van der Waals surface area contributed by atoms with Gasteiger partial charge in [-0.15, -0.1) is 10.1 Å². The van der Waals surface area contributed by atoms with E-state index in [9.17, 15) is 47.9 Å². The van der Waals surface area contributed by atoms with Crippen LogP contribution in [0.3, 0.4) is 0 Å². The first-order valence-electron chi connectivity index (χ1n) is 14.8. The summed E-state index contributed by atoms with van der Waals surface area (Å²) in [6.07, 6.45) is -0.404. The van der Waals surface area contributed by atoms with Crippen molar-refractivity contribution in [3.63, 3.8) is 0 Å². The van der Waals surface area contributed by atoms with Crippen molar-refractivity contribution in [3.8, 4) is 0 Å². The average molecular weight is 639 g/mol. The third-order valence-corrected chi connectivity index (χ3v) is 6.61. The van der Waals surface area contributed by atoms with Crippen molar-refractivity contribution >= 4 is 58.7 Å². The Kier molecular flexibility index (Phi) is 16.4. The monoisotopic (exact) mass is 638 g/mol. The summed E-state index contributed by atoms with van der Waals surface area (Å²) in [6.45, 7) is 0.967. The summed E-state index contributed by atoms with van der Waals surface area (Å²) in [6, 6.07) is 0. The Bertz CT molecular complexity index is 1040. The predicted molar refractivity (Wildman–Crippen MR) is 147 cm³/mol. The van der Waals surface area contributed by atoms with E-state index in [4.69, 9.17) is 9.47 Å². The Morgan fingerprint density at radius 3 is 1.04 bits per heavy atom. The minimum Gasteiger partial charge on any atom is -0.381 e. The van der Waals surface area contributed by atoms with Crippen LogP contribution in [0.15, 0.2) is 0 Å². The highest BCUT2D eigenvalue weighted by Gasteiger charge is 2.33. The zero-order chi connectivity index (χ0) is 33.2. The first kappa shape index (κ1) is 37.0. The molecule has 2 aliphatic rings. The molecule has 0 radical (unpaired) electrons. The molecule has 2 rings (SSSR count). The highest BCUT2D eigenvalue weighted by atomic mass is 16.7. The maximum absolute atomic E-state index is 11.9. The maximum atomic E-state index is 11.9. The van der Waals surface area contributed by atoms with E-state index in [2.05, 4.69) is 9.68 Å². The molecule has 0 aromatic carbocycles. The van der Waals surface area contributed by atoms with Crippen LogP contribution in [0.5, 0.6) is 0 Å². The lowest BCUT2D eigenvalue weighted by Crippen LogP contribution is -2.32. The highest BCUT2D eigenvalue weighted by Crippen LogP contribution is 2.14. The van der Waals surface area contributed by atoms with Crippen LogP contribution in [0.1, 0.15) is 96.3 Å². The minimum absolute atomic E-state index is 0.00131. The third-order valence-electron chi connectivity index (χ3n) is 6.61. The Hall–Kier alpha value is -4.18. The van der Waals surface area contributed by atoms with Gasteiger partial charge in [0.1, 0.15) is 23.1 Å². The van der Waals surface area contributed by atoms with Crippen LogP contribution in [-0.2, 0) is 67.1 Å². The molecule has 2 aliphatic heterocycles. The van der Waals surface area contributed by atoms with Gasteiger partial charge in [-0.3, -0.25) is 38.4 Å². The van der Waals surface area contributed by atoms with Crippen molar-refractivity contribution in [2.24, 2.45) is 0 Å². The van der Waals surface area contributed by atoms with Gasteiger partial charge >= 0.3 is 11.9 Å². The van der Waals surface area contributed by atoms with Crippen LogP contribution < -0.4 is 0 Å². The smallest absolute Gasteiger partial charge is 0.333 e. The fourth-order valence-corrected chi connectivity index (χ4v) is 3.99. The number of carbonyl (C=O) groups is 10. The van der Waals surface area contributed by atoms with Gasteiger partial charge in [0.15, 0.2) is 0 Å². The average Bonchev–Trinajstić information content (AvgIpc) is 3.50. The van der Waals surface area contributed by atoms with E-state index >= 15 is 0 Å². The Morgan fingerprint density at radius 2 is 0.711 bits per heavy atom. The fraction of sp³-hybridized carbons (Fsp3) is 0.655. The summed E-state index contributed by atoms with van der Waals surface area (Å²) >= 11 is 0. The van der Waals surface area contributed by atoms with Gasteiger partial charge in [-0.05, 0) is 6.42 Å². The van der Waals surface area contributed by atoms with E-state index < -0.39 is 35.6 Å². The number of carbonyl (C=O) groups excluding carboxylic acids is 10.